The van der Waals surface area contributed by atoms with E-state index in [2.05, 4.69) is 45.0 Å². The third kappa shape index (κ3) is 5.21. The summed E-state index contributed by atoms with van der Waals surface area (Å²) in [4.78, 5) is 6.89. The SMILES string of the molecule is CN=C(NCCS(=O)(=O)c1ccc(Br)cc1)N1CC(C)CC(C)C1. The molecule has 2 atom stereocenters. The van der Waals surface area contributed by atoms with Gasteiger partial charge in [-0.05, 0) is 42.5 Å². The molecule has 0 amide bonds. The Morgan fingerprint density at radius 1 is 1.25 bits per heavy atom. The van der Waals surface area contributed by atoms with Gasteiger partial charge in [0.15, 0.2) is 15.8 Å². The number of piperidine rings is 1. The Kier molecular flexibility index (Phi) is 6.69. The number of guanidine groups is 1. The van der Waals surface area contributed by atoms with Gasteiger partial charge in [-0.1, -0.05) is 29.8 Å². The minimum Gasteiger partial charge on any atom is -0.355 e. The van der Waals surface area contributed by atoms with E-state index in [1.165, 1.54) is 6.42 Å². The first-order chi connectivity index (χ1) is 11.3. The molecule has 1 aromatic rings. The van der Waals surface area contributed by atoms with Crippen LogP contribution in [0.5, 0.6) is 0 Å². The van der Waals surface area contributed by atoms with E-state index in [1.807, 2.05) is 0 Å². The van der Waals surface area contributed by atoms with E-state index in [4.69, 9.17) is 0 Å². The van der Waals surface area contributed by atoms with Crippen molar-refractivity contribution in [1.29, 1.82) is 0 Å². The molecule has 0 radical (unpaired) electrons. The van der Waals surface area contributed by atoms with Crippen molar-refractivity contribution in [2.24, 2.45) is 16.8 Å². The van der Waals surface area contributed by atoms with Crippen molar-refractivity contribution < 1.29 is 8.42 Å². The lowest BCUT2D eigenvalue weighted by Gasteiger charge is -2.37. The second-order valence-corrected chi connectivity index (χ2v) is 9.62. The highest BCUT2D eigenvalue weighted by Crippen LogP contribution is 2.21. The van der Waals surface area contributed by atoms with Gasteiger partial charge in [0.1, 0.15) is 0 Å². The van der Waals surface area contributed by atoms with Crippen LogP contribution in [0.25, 0.3) is 0 Å². The number of likely N-dealkylation sites (tertiary alicyclic amines) is 1. The summed E-state index contributed by atoms with van der Waals surface area (Å²) >= 11 is 3.32. The van der Waals surface area contributed by atoms with Crippen LogP contribution in [-0.4, -0.2) is 51.7 Å². The molecule has 1 N–H and O–H groups in total. The molecule has 1 aliphatic rings. The Labute approximate surface area is 153 Å². The fourth-order valence-electron chi connectivity index (χ4n) is 3.23. The molecule has 1 heterocycles. The van der Waals surface area contributed by atoms with Gasteiger partial charge >= 0.3 is 0 Å². The molecule has 134 valence electrons. The van der Waals surface area contributed by atoms with Crippen molar-refractivity contribution in [3.8, 4) is 0 Å². The van der Waals surface area contributed by atoms with E-state index in [-0.39, 0.29) is 5.75 Å². The second kappa shape index (κ2) is 8.34. The molecule has 0 bridgehead atoms. The maximum Gasteiger partial charge on any atom is 0.193 e. The van der Waals surface area contributed by atoms with Crippen molar-refractivity contribution in [2.75, 3.05) is 32.4 Å². The molecule has 5 nitrogen and oxygen atoms in total. The highest BCUT2D eigenvalue weighted by molar-refractivity contribution is 9.10. The van der Waals surface area contributed by atoms with Crippen LogP contribution in [0.2, 0.25) is 0 Å². The third-order valence-electron chi connectivity index (χ3n) is 4.21. The summed E-state index contributed by atoms with van der Waals surface area (Å²) in [6, 6.07) is 6.75. The number of nitrogens with one attached hydrogen (secondary N) is 1. The molecular formula is C17H26BrN3O2S. The lowest BCUT2D eigenvalue weighted by molar-refractivity contribution is 0.209. The first kappa shape index (κ1) is 19.2. The lowest BCUT2D eigenvalue weighted by Crippen LogP contribution is -2.49. The molecule has 0 aliphatic carbocycles. The Bertz CT molecular complexity index is 664. The monoisotopic (exact) mass is 415 g/mol. The van der Waals surface area contributed by atoms with Crippen LogP contribution in [0.1, 0.15) is 20.3 Å². The second-order valence-electron chi connectivity index (χ2n) is 6.60. The number of hydrogen-bond donors (Lipinski definition) is 1. The Balaban J connectivity index is 1.93. The molecule has 1 fully saturated rings. The quantitative estimate of drug-likeness (QED) is 0.606. The molecule has 0 aromatic heterocycles. The first-order valence-corrected chi connectivity index (χ1v) is 10.7. The molecular weight excluding hydrogens is 390 g/mol. The zero-order valence-corrected chi connectivity index (χ0v) is 16.9. The van der Waals surface area contributed by atoms with Gasteiger partial charge in [-0.3, -0.25) is 4.99 Å². The fraction of sp³-hybridized carbons (Fsp3) is 0.588. The van der Waals surface area contributed by atoms with Gasteiger partial charge < -0.3 is 10.2 Å². The van der Waals surface area contributed by atoms with Crippen LogP contribution in [-0.2, 0) is 9.84 Å². The van der Waals surface area contributed by atoms with Gasteiger partial charge in [0.2, 0.25) is 0 Å². The van der Waals surface area contributed by atoms with Crippen LogP contribution in [0.3, 0.4) is 0 Å². The normalized spacial score (nSPS) is 22.5. The number of nitrogens with zero attached hydrogens (tertiary/aromatic N) is 2. The zero-order valence-electron chi connectivity index (χ0n) is 14.5. The predicted molar refractivity (Wildman–Crippen MR) is 102 cm³/mol. The van der Waals surface area contributed by atoms with Gasteiger partial charge in [0, 0.05) is 31.2 Å². The highest BCUT2D eigenvalue weighted by atomic mass is 79.9. The van der Waals surface area contributed by atoms with E-state index in [0.29, 0.717) is 23.3 Å². The maximum atomic E-state index is 12.4. The summed E-state index contributed by atoms with van der Waals surface area (Å²) in [5.41, 5.74) is 0. The molecule has 0 spiro atoms. The molecule has 7 heteroatoms. The Hall–Kier alpha value is -1.08. The number of hydrogen-bond acceptors (Lipinski definition) is 3. The number of rotatable bonds is 4. The van der Waals surface area contributed by atoms with E-state index in [0.717, 1.165) is 23.5 Å². The zero-order chi connectivity index (χ0) is 17.7. The van der Waals surface area contributed by atoms with E-state index >= 15 is 0 Å². The molecule has 0 saturated carbocycles. The van der Waals surface area contributed by atoms with Gasteiger partial charge in [0.25, 0.3) is 0 Å². The minimum absolute atomic E-state index is 0.0482. The number of sulfone groups is 1. The molecule has 2 rings (SSSR count). The van der Waals surface area contributed by atoms with Crippen molar-refractivity contribution in [1.82, 2.24) is 10.2 Å². The Morgan fingerprint density at radius 2 is 1.83 bits per heavy atom. The standard InChI is InChI=1S/C17H26BrN3O2S/c1-13-10-14(2)12-21(11-13)17(19-3)20-8-9-24(22,23)16-6-4-15(18)5-7-16/h4-7,13-14H,8-12H2,1-3H3,(H,19,20). The van der Waals surface area contributed by atoms with Crippen LogP contribution in [0.4, 0.5) is 0 Å². The molecule has 1 aliphatic heterocycles. The van der Waals surface area contributed by atoms with Crippen molar-refractivity contribution in [2.45, 2.75) is 25.2 Å². The lowest BCUT2D eigenvalue weighted by atomic mass is 9.92. The van der Waals surface area contributed by atoms with Crippen molar-refractivity contribution in [3.05, 3.63) is 28.7 Å². The summed E-state index contributed by atoms with van der Waals surface area (Å²) in [7, 11) is -1.54. The number of halogens is 1. The predicted octanol–water partition coefficient (Wildman–Crippen LogP) is 2.78. The van der Waals surface area contributed by atoms with Crippen LogP contribution in [0, 0.1) is 11.8 Å². The number of benzene rings is 1. The van der Waals surface area contributed by atoms with Gasteiger partial charge in [-0.2, -0.15) is 0 Å². The topological polar surface area (TPSA) is 61.8 Å². The van der Waals surface area contributed by atoms with Crippen LogP contribution in [0.15, 0.2) is 38.6 Å². The van der Waals surface area contributed by atoms with E-state index < -0.39 is 9.84 Å². The van der Waals surface area contributed by atoms with Crippen molar-refractivity contribution in [3.63, 3.8) is 0 Å². The maximum absolute atomic E-state index is 12.4. The average molecular weight is 416 g/mol. The number of aliphatic imine (C=N–C) groups is 1. The fourth-order valence-corrected chi connectivity index (χ4v) is 4.65. The summed E-state index contributed by atoms with van der Waals surface area (Å²) < 4.78 is 25.6. The molecule has 1 aromatic carbocycles. The van der Waals surface area contributed by atoms with Gasteiger partial charge in [0.05, 0.1) is 10.6 Å². The first-order valence-electron chi connectivity index (χ1n) is 8.25. The summed E-state index contributed by atoms with van der Waals surface area (Å²) in [6.07, 6.45) is 1.23. The molecule has 2 unspecified atom stereocenters. The summed E-state index contributed by atoms with van der Waals surface area (Å²) in [5.74, 6) is 2.09. The van der Waals surface area contributed by atoms with Crippen LogP contribution < -0.4 is 5.32 Å². The van der Waals surface area contributed by atoms with E-state index in [1.54, 1.807) is 31.3 Å². The molecule has 24 heavy (non-hydrogen) atoms. The summed E-state index contributed by atoms with van der Waals surface area (Å²) in [5, 5.41) is 3.20. The molecule has 1 saturated heterocycles. The van der Waals surface area contributed by atoms with Crippen LogP contribution >= 0.6 is 15.9 Å². The third-order valence-corrected chi connectivity index (χ3v) is 6.47. The minimum atomic E-state index is -3.29. The van der Waals surface area contributed by atoms with Gasteiger partial charge in [-0.25, -0.2) is 8.42 Å². The average Bonchev–Trinajstić information content (AvgIpc) is 2.51. The smallest absolute Gasteiger partial charge is 0.193 e. The van der Waals surface area contributed by atoms with E-state index in [9.17, 15) is 8.42 Å². The largest absolute Gasteiger partial charge is 0.355 e. The van der Waals surface area contributed by atoms with Gasteiger partial charge in [-0.15, -0.1) is 0 Å². The van der Waals surface area contributed by atoms with Crippen molar-refractivity contribution >= 4 is 31.7 Å². The Morgan fingerprint density at radius 3 is 2.38 bits per heavy atom. The summed E-state index contributed by atoms with van der Waals surface area (Å²) in [6.45, 7) is 6.76. The highest BCUT2D eigenvalue weighted by Gasteiger charge is 2.24.